The largest absolute Gasteiger partial charge is 0.478 e. The van der Waals surface area contributed by atoms with Crippen molar-refractivity contribution >= 4 is 15.6 Å². The van der Waals surface area contributed by atoms with E-state index in [4.69, 9.17) is 39.6 Å². The third-order valence-corrected chi connectivity index (χ3v) is 5.47. The van der Waals surface area contributed by atoms with Crippen molar-refractivity contribution in [2.24, 2.45) is 5.41 Å². The maximum atomic E-state index is 9.63. The van der Waals surface area contributed by atoms with E-state index in [1.165, 1.54) is 38.5 Å². The molecular formula is C15H36O11P2. The van der Waals surface area contributed by atoms with E-state index in [0.29, 0.717) is 6.61 Å². The summed E-state index contributed by atoms with van der Waals surface area (Å²) in [4.78, 5) is 31.0. The van der Waals surface area contributed by atoms with E-state index in [-0.39, 0.29) is 26.4 Å². The lowest BCUT2D eigenvalue weighted by molar-refractivity contribution is -0.0582. The number of ether oxygens (including phenoxy) is 1. The van der Waals surface area contributed by atoms with Gasteiger partial charge in [0, 0.05) is 6.61 Å². The zero-order valence-corrected chi connectivity index (χ0v) is 18.1. The van der Waals surface area contributed by atoms with Gasteiger partial charge in [-0.15, -0.1) is 0 Å². The first kappa shape index (κ1) is 30.3. The van der Waals surface area contributed by atoms with Crippen LogP contribution < -0.4 is 0 Å². The summed E-state index contributed by atoms with van der Waals surface area (Å²) in [5.74, 6) is 0. The molecule has 0 radical (unpaired) electrons. The number of phosphoric acid groups is 2. The number of aliphatic hydroxyl groups excluding tert-OH is 3. The maximum absolute atomic E-state index is 9.63. The summed E-state index contributed by atoms with van der Waals surface area (Å²) >= 11 is 0. The van der Waals surface area contributed by atoms with Crippen LogP contribution in [0.25, 0.3) is 0 Å². The highest BCUT2D eigenvalue weighted by atomic mass is 31.3. The average molecular weight is 454 g/mol. The lowest BCUT2D eigenvalue weighted by atomic mass is 9.93. The Morgan fingerprint density at radius 3 is 1.43 bits per heavy atom. The van der Waals surface area contributed by atoms with E-state index >= 15 is 0 Å². The molecule has 172 valence electrons. The van der Waals surface area contributed by atoms with Crippen molar-refractivity contribution in [3.05, 3.63) is 0 Å². The predicted molar refractivity (Wildman–Crippen MR) is 102 cm³/mol. The molecule has 0 aliphatic carbocycles. The van der Waals surface area contributed by atoms with Crippen LogP contribution >= 0.6 is 15.6 Å². The molecule has 0 atom stereocenters. The fourth-order valence-electron chi connectivity index (χ4n) is 2.05. The Bertz CT molecular complexity index is 417. The molecule has 0 bridgehead atoms. The molecule has 0 saturated carbocycles. The molecule has 0 rings (SSSR count). The molecule has 0 spiro atoms. The Morgan fingerprint density at radius 1 is 0.714 bits per heavy atom. The molecule has 7 N–H and O–H groups in total. The third kappa shape index (κ3) is 20.8. The molecular weight excluding hydrogens is 418 g/mol. The van der Waals surface area contributed by atoms with Gasteiger partial charge in [-0.25, -0.2) is 9.13 Å². The standard InChI is InChI=1S/C15H32O4.H4O7P2/c1-2-3-4-5-6-7-8-9-10-19-14-15(11-16,12-17)13-18;1-8(2,3)7-9(4,5)6/h16-18H,2-14H2,1H3;(H2,1,2,3)(H2,4,5,6). The van der Waals surface area contributed by atoms with E-state index in [0.717, 1.165) is 12.8 Å². The van der Waals surface area contributed by atoms with Crippen molar-refractivity contribution in [1.29, 1.82) is 0 Å². The summed E-state index contributed by atoms with van der Waals surface area (Å²) in [5.41, 5.74) is -0.889. The second-order valence-corrected chi connectivity index (χ2v) is 9.18. The average Bonchev–Trinajstić information content (AvgIpc) is 2.58. The summed E-state index contributed by atoms with van der Waals surface area (Å²) in [7, 11) is -10.1. The van der Waals surface area contributed by atoms with Crippen LogP contribution in [0.5, 0.6) is 0 Å². The van der Waals surface area contributed by atoms with Gasteiger partial charge in [0.25, 0.3) is 0 Å². The van der Waals surface area contributed by atoms with Crippen LogP contribution in [0.15, 0.2) is 0 Å². The van der Waals surface area contributed by atoms with Gasteiger partial charge in [-0.05, 0) is 6.42 Å². The summed E-state index contributed by atoms with van der Waals surface area (Å²) in [6.45, 7) is 2.32. The normalized spacial score (nSPS) is 12.6. The van der Waals surface area contributed by atoms with Crippen LogP contribution in [-0.4, -0.2) is 67.9 Å². The van der Waals surface area contributed by atoms with Crippen molar-refractivity contribution < 1.29 is 53.1 Å². The minimum atomic E-state index is -5.05. The number of aliphatic hydroxyl groups is 3. The van der Waals surface area contributed by atoms with Gasteiger partial charge in [0.15, 0.2) is 0 Å². The Balaban J connectivity index is 0. The SMILES string of the molecule is CCCCCCCCCCOCC(CO)(CO)CO.O=P(O)(O)OP(=O)(O)O. The molecule has 28 heavy (non-hydrogen) atoms. The van der Waals surface area contributed by atoms with Crippen LogP contribution in [0.4, 0.5) is 0 Å². The first-order valence-electron chi connectivity index (χ1n) is 9.18. The van der Waals surface area contributed by atoms with Crippen molar-refractivity contribution in [1.82, 2.24) is 0 Å². The highest BCUT2D eigenvalue weighted by molar-refractivity contribution is 7.60. The fraction of sp³-hybridized carbons (Fsp3) is 1.00. The Labute approximate surface area is 166 Å². The van der Waals surface area contributed by atoms with Crippen LogP contribution in [0, 0.1) is 5.41 Å². The predicted octanol–water partition coefficient (Wildman–Crippen LogP) is 1.30. The monoisotopic (exact) mass is 454 g/mol. The summed E-state index contributed by atoms with van der Waals surface area (Å²) < 4.78 is 27.6. The van der Waals surface area contributed by atoms with Gasteiger partial charge in [0.1, 0.15) is 0 Å². The molecule has 0 aromatic carbocycles. The van der Waals surface area contributed by atoms with E-state index in [1.54, 1.807) is 0 Å². The quantitative estimate of drug-likeness (QED) is 0.131. The highest BCUT2D eigenvalue weighted by Gasteiger charge is 2.28. The van der Waals surface area contributed by atoms with E-state index in [1.807, 2.05) is 0 Å². The molecule has 0 aromatic rings. The lowest BCUT2D eigenvalue weighted by Crippen LogP contribution is -2.38. The van der Waals surface area contributed by atoms with Gasteiger partial charge in [0.2, 0.25) is 0 Å². The second kappa shape index (κ2) is 16.8. The molecule has 0 fully saturated rings. The van der Waals surface area contributed by atoms with Crippen molar-refractivity contribution in [2.45, 2.75) is 58.3 Å². The van der Waals surface area contributed by atoms with Crippen molar-refractivity contribution in [3.63, 3.8) is 0 Å². The van der Waals surface area contributed by atoms with Gasteiger partial charge >= 0.3 is 15.6 Å². The van der Waals surface area contributed by atoms with Crippen LogP contribution in [-0.2, 0) is 18.2 Å². The minimum Gasteiger partial charge on any atom is -0.396 e. The Hall–Kier alpha value is 0.100. The van der Waals surface area contributed by atoms with Gasteiger partial charge in [-0.2, -0.15) is 4.31 Å². The van der Waals surface area contributed by atoms with Gasteiger partial charge in [-0.1, -0.05) is 51.9 Å². The zero-order valence-electron chi connectivity index (χ0n) is 16.4. The van der Waals surface area contributed by atoms with Crippen LogP contribution in [0.1, 0.15) is 58.3 Å². The number of unbranched alkanes of at least 4 members (excludes halogenated alkanes) is 7. The molecule has 0 aliphatic rings. The molecule has 0 aliphatic heterocycles. The molecule has 0 aromatic heterocycles. The first-order valence-corrected chi connectivity index (χ1v) is 12.2. The molecule has 13 heteroatoms. The van der Waals surface area contributed by atoms with Gasteiger partial charge < -0.3 is 39.6 Å². The summed E-state index contributed by atoms with van der Waals surface area (Å²) in [6, 6.07) is 0. The van der Waals surface area contributed by atoms with Crippen LogP contribution in [0.2, 0.25) is 0 Å². The second-order valence-electron chi connectivity index (χ2n) is 6.56. The summed E-state index contributed by atoms with van der Waals surface area (Å²) in [6.07, 6.45) is 10.0. The van der Waals surface area contributed by atoms with Crippen molar-refractivity contribution in [2.75, 3.05) is 33.0 Å². The Morgan fingerprint density at radius 2 is 1.11 bits per heavy atom. The maximum Gasteiger partial charge on any atom is 0.478 e. The first-order chi connectivity index (χ1) is 12.9. The Kier molecular flexibility index (Phi) is 18.2. The third-order valence-electron chi connectivity index (χ3n) is 3.77. The van der Waals surface area contributed by atoms with E-state index in [2.05, 4.69) is 11.2 Å². The van der Waals surface area contributed by atoms with Crippen molar-refractivity contribution in [3.8, 4) is 0 Å². The number of hydrogen-bond donors (Lipinski definition) is 7. The number of rotatable bonds is 16. The fourth-order valence-corrected chi connectivity index (χ4v) is 3.16. The molecule has 0 heterocycles. The molecule has 0 unspecified atom stereocenters. The lowest BCUT2D eigenvalue weighted by Gasteiger charge is -2.26. The zero-order chi connectivity index (χ0) is 22.1. The van der Waals surface area contributed by atoms with E-state index in [9.17, 15) is 9.13 Å². The minimum absolute atomic E-state index is 0.215. The highest BCUT2D eigenvalue weighted by Crippen LogP contribution is 2.53. The number of hydrogen-bond acceptors (Lipinski definition) is 7. The smallest absolute Gasteiger partial charge is 0.396 e. The van der Waals surface area contributed by atoms with Gasteiger partial charge in [0.05, 0.1) is 31.8 Å². The van der Waals surface area contributed by atoms with E-state index < -0.39 is 21.1 Å². The van der Waals surface area contributed by atoms with Crippen LogP contribution in [0.3, 0.4) is 0 Å². The molecule has 0 saturated heterocycles. The van der Waals surface area contributed by atoms with Gasteiger partial charge in [-0.3, -0.25) is 0 Å². The molecule has 11 nitrogen and oxygen atoms in total. The molecule has 0 amide bonds. The topological polar surface area (TPSA) is 194 Å². The summed E-state index contributed by atoms with van der Waals surface area (Å²) in [5, 5.41) is 27.4.